The van der Waals surface area contributed by atoms with Crippen molar-refractivity contribution in [3.8, 4) is 0 Å². The molecule has 0 spiro atoms. The van der Waals surface area contributed by atoms with Gasteiger partial charge in [0, 0.05) is 16.7 Å². The molecule has 0 saturated heterocycles. The van der Waals surface area contributed by atoms with Crippen molar-refractivity contribution in [2.24, 2.45) is 0 Å². The lowest BCUT2D eigenvalue weighted by atomic mass is 9.98. The molecular weight excluding hydrogens is 480 g/mol. The lowest BCUT2D eigenvalue weighted by molar-refractivity contribution is -0.151. The predicted octanol–water partition coefficient (Wildman–Crippen LogP) is 5.66. The molecule has 0 aromatic carbocycles. The number of cyclic esters (lactones) is 2. The minimum atomic E-state index is -1.28. The summed E-state index contributed by atoms with van der Waals surface area (Å²) in [5.74, 6) is -4.43. The maximum atomic E-state index is 11.8. The van der Waals surface area contributed by atoms with Crippen LogP contribution in [-0.2, 0) is 33.4 Å². The standard InChI is InChI=1S/C28H42O9/c1-20-21(28(35)37-26(20)33)17-15-13-11-9-7-5-3-4-6-8-10-12-14-16-18-22(25(31)32)23(19-24(29)30)27(34)36-2/h3-19H2,1-2H3,(H,29,30)(H,31,32)/b23-22+. The molecule has 1 rings (SSSR count). The van der Waals surface area contributed by atoms with E-state index in [1.165, 1.54) is 38.5 Å². The third-order valence-electron chi connectivity index (χ3n) is 6.68. The molecule has 0 aromatic rings. The topological polar surface area (TPSA) is 144 Å². The number of methoxy groups -OCH3 is 1. The fraction of sp³-hybridized carbons (Fsp3) is 0.679. The second-order valence-electron chi connectivity index (χ2n) is 9.55. The largest absolute Gasteiger partial charge is 0.481 e. The monoisotopic (exact) mass is 522 g/mol. The summed E-state index contributed by atoms with van der Waals surface area (Å²) < 4.78 is 9.15. The van der Waals surface area contributed by atoms with Crippen molar-refractivity contribution in [1.29, 1.82) is 0 Å². The lowest BCUT2D eigenvalue weighted by Gasteiger charge is -2.09. The van der Waals surface area contributed by atoms with E-state index in [9.17, 15) is 29.1 Å². The van der Waals surface area contributed by atoms with Crippen molar-refractivity contribution in [2.45, 2.75) is 116 Å². The number of ether oxygens (including phenoxy) is 2. The van der Waals surface area contributed by atoms with E-state index >= 15 is 0 Å². The third kappa shape index (κ3) is 12.7. The van der Waals surface area contributed by atoms with E-state index in [0.29, 0.717) is 24.0 Å². The molecule has 0 saturated carbocycles. The number of rotatable bonds is 21. The number of unbranched alkanes of at least 4 members (excludes halogenated alkanes) is 13. The number of carboxylic acid groups (broad SMARTS) is 2. The smallest absolute Gasteiger partial charge is 0.342 e. The summed E-state index contributed by atoms with van der Waals surface area (Å²) in [5, 5.41) is 18.4. The molecule has 0 unspecified atom stereocenters. The van der Waals surface area contributed by atoms with Crippen molar-refractivity contribution in [1.82, 2.24) is 0 Å². The van der Waals surface area contributed by atoms with Crippen LogP contribution >= 0.6 is 0 Å². The van der Waals surface area contributed by atoms with E-state index in [1.807, 2.05) is 0 Å². The predicted molar refractivity (Wildman–Crippen MR) is 137 cm³/mol. The van der Waals surface area contributed by atoms with Gasteiger partial charge in [0.1, 0.15) is 0 Å². The number of carbonyl (C=O) groups excluding carboxylic acids is 3. The van der Waals surface area contributed by atoms with Crippen LogP contribution in [0.2, 0.25) is 0 Å². The summed E-state index contributed by atoms with van der Waals surface area (Å²) >= 11 is 0. The van der Waals surface area contributed by atoms with Gasteiger partial charge in [-0.05, 0) is 32.6 Å². The molecule has 208 valence electrons. The highest BCUT2D eigenvalue weighted by Crippen LogP contribution is 2.23. The number of hydrogen-bond donors (Lipinski definition) is 2. The van der Waals surface area contributed by atoms with Crippen LogP contribution in [0.25, 0.3) is 0 Å². The molecule has 0 amide bonds. The molecule has 0 bridgehead atoms. The van der Waals surface area contributed by atoms with Crippen molar-refractivity contribution in [2.75, 3.05) is 7.11 Å². The van der Waals surface area contributed by atoms with Crippen LogP contribution in [0, 0.1) is 0 Å². The average Bonchev–Trinajstić information content (AvgIpc) is 3.09. The molecule has 1 heterocycles. The molecule has 0 atom stereocenters. The summed E-state index contributed by atoms with van der Waals surface area (Å²) in [5.41, 5.74) is 0.535. The van der Waals surface area contributed by atoms with Gasteiger partial charge in [0.05, 0.1) is 19.1 Å². The van der Waals surface area contributed by atoms with E-state index in [-0.39, 0.29) is 17.6 Å². The van der Waals surface area contributed by atoms with E-state index in [0.717, 1.165) is 52.1 Å². The van der Waals surface area contributed by atoms with E-state index in [1.54, 1.807) is 6.92 Å². The SMILES string of the molecule is COC(=O)/C(CC(=O)O)=C(\CCCCCCCCCCCCCCCCC1=C(C)C(=O)OC1=O)C(=O)O. The van der Waals surface area contributed by atoms with Crippen LogP contribution in [0.4, 0.5) is 0 Å². The summed E-state index contributed by atoms with van der Waals surface area (Å²) in [6.07, 6.45) is 15.0. The lowest BCUT2D eigenvalue weighted by Crippen LogP contribution is -2.16. The highest BCUT2D eigenvalue weighted by atomic mass is 16.6. The van der Waals surface area contributed by atoms with E-state index in [2.05, 4.69) is 9.47 Å². The van der Waals surface area contributed by atoms with Gasteiger partial charge >= 0.3 is 29.8 Å². The second-order valence-corrected chi connectivity index (χ2v) is 9.55. The molecule has 0 fully saturated rings. The van der Waals surface area contributed by atoms with Gasteiger partial charge in [0.25, 0.3) is 0 Å². The molecule has 2 N–H and O–H groups in total. The Bertz CT molecular complexity index is 867. The minimum absolute atomic E-state index is 0.150. The van der Waals surface area contributed by atoms with Gasteiger partial charge in [-0.15, -0.1) is 0 Å². The first-order valence-electron chi connectivity index (χ1n) is 13.4. The Labute approximate surface area is 219 Å². The number of carboxylic acids is 2. The summed E-state index contributed by atoms with van der Waals surface area (Å²) in [6, 6.07) is 0. The number of esters is 3. The first kappa shape index (κ1) is 32.1. The summed E-state index contributed by atoms with van der Waals surface area (Å²) in [6.45, 7) is 1.65. The van der Waals surface area contributed by atoms with Crippen LogP contribution in [0.3, 0.4) is 0 Å². The molecule has 1 aliphatic heterocycles. The highest BCUT2D eigenvalue weighted by molar-refractivity contribution is 6.12. The normalized spacial score (nSPS) is 14.0. The van der Waals surface area contributed by atoms with Crippen LogP contribution in [0.15, 0.2) is 22.3 Å². The van der Waals surface area contributed by atoms with Gasteiger partial charge in [0.2, 0.25) is 0 Å². The Balaban J connectivity index is 2.03. The van der Waals surface area contributed by atoms with Gasteiger partial charge in [-0.25, -0.2) is 19.2 Å². The number of aliphatic carboxylic acids is 2. The van der Waals surface area contributed by atoms with Crippen molar-refractivity contribution >= 4 is 29.8 Å². The van der Waals surface area contributed by atoms with Crippen LogP contribution in [0.5, 0.6) is 0 Å². The quantitative estimate of drug-likeness (QED) is 0.0844. The zero-order valence-corrected chi connectivity index (χ0v) is 22.3. The zero-order valence-electron chi connectivity index (χ0n) is 22.3. The molecule has 0 radical (unpaired) electrons. The van der Waals surface area contributed by atoms with Crippen LogP contribution in [0.1, 0.15) is 116 Å². The van der Waals surface area contributed by atoms with Crippen molar-refractivity contribution < 1.29 is 43.7 Å². The maximum absolute atomic E-state index is 11.8. The molecule has 1 aliphatic rings. The second kappa shape index (κ2) is 18.3. The molecule has 9 heteroatoms. The van der Waals surface area contributed by atoms with Crippen molar-refractivity contribution in [3.05, 3.63) is 22.3 Å². The van der Waals surface area contributed by atoms with Gasteiger partial charge in [0.15, 0.2) is 0 Å². The molecule has 0 aromatic heterocycles. The third-order valence-corrected chi connectivity index (χ3v) is 6.68. The molecule has 9 nitrogen and oxygen atoms in total. The van der Waals surface area contributed by atoms with Gasteiger partial charge < -0.3 is 19.7 Å². The maximum Gasteiger partial charge on any atom is 0.342 e. The first-order valence-corrected chi connectivity index (χ1v) is 13.4. The Morgan fingerprint density at radius 2 is 1.16 bits per heavy atom. The van der Waals surface area contributed by atoms with E-state index < -0.39 is 36.3 Å². The van der Waals surface area contributed by atoms with Crippen molar-refractivity contribution in [3.63, 3.8) is 0 Å². The van der Waals surface area contributed by atoms with Gasteiger partial charge in [-0.1, -0.05) is 77.0 Å². The van der Waals surface area contributed by atoms with Crippen LogP contribution < -0.4 is 0 Å². The Morgan fingerprint density at radius 1 is 0.703 bits per heavy atom. The average molecular weight is 523 g/mol. The molecule has 37 heavy (non-hydrogen) atoms. The Hall–Kier alpha value is -2.97. The first-order chi connectivity index (χ1) is 17.7. The number of carbonyl (C=O) groups is 5. The van der Waals surface area contributed by atoms with Gasteiger partial charge in [-0.3, -0.25) is 4.79 Å². The highest BCUT2D eigenvalue weighted by Gasteiger charge is 2.29. The Kier molecular flexibility index (Phi) is 15.9. The summed E-state index contributed by atoms with van der Waals surface area (Å²) in [7, 11) is 1.11. The fourth-order valence-electron chi connectivity index (χ4n) is 4.48. The van der Waals surface area contributed by atoms with E-state index in [4.69, 9.17) is 5.11 Å². The Morgan fingerprint density at radius 3 is 1.54 bits per heavy atom. The summed E-state index contributed by atoms with van der Waals surface area (Å²) in [4.78, 5) is 57.2. The number of hydrogen-bond acceptors (Lipinski definition) is 7. The molecular formula is C28H42O9. The fourth-order valence-corrected chi connectivity index (χ4v) is 4.48. The van der Waals surface area contributed by atoms with Gasteiger partial charge in [-0.2, -0.15) is 0 Å². The zero-order chi connectivity index (χ0) is 27.6. The van der Waals surface area contributed by atoms with Crippen LogP contribution in [-0.4, -0.2) is 47.2 Å². The molecule has 0 aliphatic carbocycles. The minimum Gasteiger partial charge on any atom is -0.481 e.